The van der Waals surface area contributed by atoms with Gasteiger partial charge < -0.3 is 4.90 Å². The number of fused-ring (bicyclic) bond motifs is 1. The lowest BCUT2D eigenvalue weighted by molar-refractivity contribution is 0.693. The highest BCUT2D eigenvalue weighted by Gasteiger charge is 2.37. The van der Waals surface area contributed by atoms with Gasteiger partial charge in [-0.3, -0.25) is 0 Å². The van der Waals surface area contributed by atoms with Gasteiger partial charge in [-0.15, -0.1) is 0 Å². The molecule has 102 valence electrons. The van der Waals surface area contributed by atoms with Crippen LogP contribution in [0.5, 0.6) is 0 Å². The van der Waals surface area contributed by atoms with Crippen molar-refractivity contribution in [2.24, 2.45) is 5.92 Å². The Labute approximate surface area is 122 Å². The van der Waals surface area contributed by atoms with Crippen molar-refractivity contribution in [1.82, 2.24) is 0 Å². The fourth-order valence-electron chi connectivity index (χ4n) is 3.99. The second kappa shape index (κ2) is 5.10. The van der Waals surface area contributed by atoms with Gasteiger partial charge in [-0.05, 0) is 12.1 Å². The molecule has 1 saturated heterocycles. The van der Waals surface area contributed by atoms with Crippen LogP contribution in [0.25, 0.3) is 0 Å². The molecular weight excluding hydrogens is 258 g/mol. The zero-order chi connectivity index (χ0) is 13.4. The van der Waals surface area contributed by atoms with Gasteiger partial charge in [-0.2, -0.15) is 0 Å². The van der Waals surface area contributed by atoms with Crippen LogP contribution in [-0.4, -0.2) is 14.8 Å². The molecule has 1 nitrogen and oxygen atoms in total. The average molecular weight is 279 g/mol. The van der Waals surface area contributed by atoms with Gasteiger partial charge in [0.2, 0.25) is 0 Å². The molecule has 0 radical (unpaired) electrons. The van der Waals surface area contributed by atoms with Crippen molar-refractivity contribution < 1.29 is 0 Å². The minimum absolute atomic E-state index is 0.519. The summed E-state index contributed by atoms with van der Waals surface area (Å²) in [6, 6.07) is 14.4. The second-order valence-electron chi connectivity index (χ2n) is 6.14. The van der Waals surface area contributed by atoms with Gasteiger partial charge in [0.15, 0.2) is 0 Å². The van der Waals surface area contributed by atoms with Gasteiger partial charge in [0.05, 0.1) is 14.8 Å². The SMILES string of the molecule is C1=CC2C([SiH]3CCCC3)=CN(c3ccccc3)C2C=C1. The Morgan fingerprint density at radius 2 is 1.70 bits per heavy atom. The summed E-state index contributed by atoms with van der Waals surface area (Å²) in [7, 11) is -0.655. The number of para-hydroxylation sites is 1. The number of allylic oxidation sites excluding steroid dienone is 2. The lowest BCUT2D eigenvalue weighted by atomic mass is 9.96. The molecule has 0 bridgehead atoms. The Bertz CT molecular complexity index is 566. The third-order valence-electron chi connectivity index (χ3n) is 4.98. The first kappa shape index (κ1) is 12.2. The first-order valence-electron chi connectivity index (χ1n) is 7.83. The second-order valence-corrected chi connectivity index (χ2v) is 9.35. The van der Waals surface area contributed by atoms with Crippen molar-refractivity contribution in [3.8, 4) is 0 Å². The summed E-state index contributed by atoms with van der Waals surface area (Å²) in [6.07, 6.45) is 14.7. The highest BCUT2D eigenvalue weighted by atomic mass is 28.3. The number of hydrogen-bond donors (Lipinski definition) is 0. The maximum Gasteiger partial charge on any atom is 0.0684 e. The third kappa shape index (κ3) is 1.99. The fourth-order valence-corrected chi connectivity index (χ4v) is 7.73. The molecule has 0 spiro atoms. The number of rotatable bonds is 2. The molecule has 0 amide bonds. The topological polar surface area (TPSA) is 3.24 Å². The standard InChI is InChI=1S/C18H21NSi/c1-2-8-15(9-3-1)19-14-18(20-12-6-7-13-20)16-10-4-5-11-17(16)19/h1-5,8-11,14,16-17,20H,6-7,12-13H2. The molecule has 1 aliphatic carbocycles. The zero-order valence-electron chi connectivity index (χ0n) is 11.8. The summed E-state index contributed by atoms with van der Waals surface area (Å²) in [5.74, 6) is 0.648. The molecule has 3 aliphatic rings. The number of benzene rings is 1. The van der Waals surface area contributed by atoms with Crippen LogP contribution in [0.1, 0.15) is 12.8 Å². The van der Waals surface area contributed by atoms with Crippen molar-refractivity contribution >= 4 is 14.5 Å². The summed E-state index contributed by atoms with van der Waals surface area (Å²) >= 11 is 0. The molecule has 1 aromatic rings. The molecule has 0 N–H and O–H groups in total. The summed E-state index contributed by atoms with van der Waals surface area (Å²) < 4.78 is 0. The van der Waals surface area contributed by atoms with Crippen molar-refractivity contribution in [2.75, 3.05) is 4.90 Å². The Kier molecular flexibility index (Phi) is 3.11. The molecule has 4 rings (SSSR count). The normalized spacial score (nSPS) is 28.8. The molecule has 0 saturated carbocycles. The van der Waals surface area contributed by atoms with Gasteiger partial charge in [-0.25, -0.2) is 0 Å². The van der Waals surface area contributed by atoms with E-state index in [0.29, 0.717) is 12.0 Å². The molecule has 2 atom stereocenters. The summed E-state index contributed by atoms with van der Waals surface area (Å²) in [6.45, 7) is 0. The molecule has 1 aromatic carbocycles. The largest absolute Gasteiger partial charge is 0.341 e. The van der Waals surface area contributed by atoms with E-state index in [0.717, 1.165) is 0 Å². The van der Waals surface area contributed by atoms with Gasteiger partial charge in [-0.1, -0.05) is 72.6 Å². The molecule has 2 aliphatic heterocycles. The minimum Gasteiger partial charge on any atom is -0.341 e. The van der Waals surface area contributed by atoms with Crippen LogP contribution in [-0.2, 0) is 0 Å². The highest BCUT2D eigenvalue weighted by molar-refractivity contribution is 6.67. The Hall–Kier alpha value is -1.54. The van der Waals surface area contributed by atoms with Crippen LogP contribution in [0.4, 0.5) is 5.69 Å². The lowest BCUT2D eigenvalue weighted by Crippen LogP contribution is -2.31. The summed E-state index contributed by atoms with van der Waals surface area (Å²) in [4.78, 5) is 2.51. The van der Waals surface area contributed by atoms with Gasteiger partial charge in [0.1, 0.15) is 0 Å². The Balaban J connectivity index is 1.71. The van der Waals surface area contributed by atoms with Crippen molar-refractivity contribution in [1.29, 1.82) is 0 Å². The highest BCUT2D eigenvalue weighted by Crippen LogP contribution is 2.40. The number of nitrogens with zero attached hydrogens (tertiary/aromatic N) is 1. The third-order valence-corrected chi connectivity index (χ3v) is 8.67. The quantitative estimate of drug-likeness (QED) is 0.738. The van der Waals surface area contributed by atoms with Crippen LogP contribution in [0.15, 0.2) is 66.0 Å². The van der Waals surface area contributed by atoms with E-state index in [4.69, 9.17) is 0 Å². The van der Waals surface area contributed by atoms with E-state index in [1.807, 2.05) is 0 Å². The van der Waals surface area contributed by atoms with E-state index in [1.54, 1.807) is 5.20 Å². The summed E-state index contributed by atoms with van der Waals surface area (Å²) in [5.41, 5.74) is 1.34. The minimum atomic E-state index is -0.655. The average Bonchev–Trinajstić information content (AvgIpc) is 3.15. The predicted molar refractivity (Wildman–Crippen MR) is 88.6 cm³/mol. The molecule has 0 aromatic heterocycles. The number of anilines is 1. The van der Waals surface area contributed by atoms with Crippen LogP contribution in [0.3, 0.4) is 0 Å². The molecule has 1 fully saturated rings. The van der Waals surface area contributed by atoms with E-state index >= 15 is 0 Å². The van der Waals surface area contributed by atoms with Crippen LogP contribution in [0.2, 0.25) is 12.1 Å². The smallest absolute Gasteiger partial charge is 0.0684 e. The van der Waals surface area contributed by atoms with E-state index < -0.39 is 8.80 Å². The Morgan fingerprint density at radius 3 is 2.50 bits per heavy atom. The van der Waals surface area contributed by atoms with Crippen molar-refractivity contribution in [3.63, 3.8) is 0 Å². The molecule has 2 unspecified atom stereocenters. The zero-order valence-corrected chi connectivity index (χ0v) is 12.9. The van der Waals surface area contributed by atoms with Gasteiger partial charge in [0, 0.05) is 17.8 Å². The van der Waals surface area contributed by atoms with Gasteiger partial charge >= 0.3 is 0 Å². The van der Waals surface area contributed by atoms with E-state index in [-0.39, 0.29) is 0 Å². The first-order chi connectivity index (χ1) is 9.93. The lowest BCUT2D eigenvalue weighted by Gasteiger charge is -2.28. The first-order valence-corrected chi connectivity index (χ1v) is 10.0. The fraction of sp³-hybridized carbons (Fsp3) is 0.333. The predicted octanol–water partition coefficient (Wildman–Crippen LogP) is 4.06. The maximum absolute atomic E-state index is 2.51. The molecule has 20 heavy (non-hydrogen) atoms. The van der Waals surface area contributed by atoms with Crippen molar-refractivity contribution in [2.45, 2.75) is 31.0 Å². The number of hydrogen-bond acceptors (Lipinski definition) is 1. The van der Waals surface area contributed by atoms with Crippen LogP contribution >= 0.6 is 0 Å². The van der Waals surface area contributed by atoms with E-state index in [2.05, 4.69) is 65.7 Å². The molecule has 2 heteroatoms. The van der Waals surface area contributed by atoms with Gasteiger partial charge in [0.25, 0.3) is 0 Å². The van der Waals surface area contributed by atoms with E-state index in [9.17, 15) is 0 Å². The van der Waals surface area contributed by atoms with Crippen LogP contribution in [0, 0.1) is 5.92 Å². The molecular formula is C18H21NSi. The summed E-state index contributed by atoms with van der Waals surface area (Å²) in [5, 5.41) is 1.80. The molecule has 2 heterocycles. The van der Waals surface area contributed by atoms with E-state index in [1.165, 1.54) is 30.6 Å². The maximum atomic E-state index is 2.51. The Morgan fingerprint density at radius 1 is 0.950 bits per heavy atom. The van der Waals surface area contributed by atoms with Crippen LogP contribution < -0.4 is 4.90 Å². The van der Waals surface area contributed by atoms with Crippen molar-refractivity contribution in [3.05, 3.63) is 66.0 Å². The monoisotopic (exact) mass is 279 g/mol.